The quantitative estimate of drug-likeness (QED) is 0.472. The van der Waals surface area contributed by atoms with Crippen LogP contribution in [0.15, 0.2) is 18.2 Å². The highest BCUT2D eigenvalue weighted by Crippen LogP contribution is 2.24. The summed E-state index contributed by atoms with van der Waals surface area (Å²) in [6.45, 7) is 3.44. The Morgan fingerprint density at radius 2 is 2.15 bits per heavy atom. The van der Waals surface area contributed by atoms with Crippen molar-refractivity contribution in [3.63, 3.8) is 0 Å². The van der Waals surface area contributed by atoms with Gasteiger partial charge >= 0.3 is 11.7 Å². The zero-order valence-electron chi connectivity index (χ0n) is 11.3. The lowest BCUT2D eigenvalue weighted by Gasteiger charge is -2.18. The van der Waals surface area contributed by atoms with Crippen LogP contribution in [0.3, 0.4) is 0 Å². The topological polar surface area (TPSA) is 89.7 Å². The molecule has 0 heterocycles. The van der Waals surface area contributed by atoms with Gasteiger partial charge in [-0.3, -0.25) is 14.9 Å². The Hall–Kier alpha value is -2.18. The molecule has 0 amide bonds. The molecule has 0 fully saturated rings. The lowest BCUT2D eigenvalue weighted by atomic mass is 9.88. The molecule has 110 valence electrons. The number of hydrogen-bond donors (Lipinski definition) is 1. The molecule has 0 saturated heterocycles. The molecule has 0 unspecified atom stereocenters. The van der Waals surface area contributed by atoms with Gasteiger partial charge in [0.25, 0.3) is 0 Å². The monoisotopic (exact) mass is 285 g/mol. The van der Waals surface area contributed by atoms with E-state index in [9.17, 15) is 19.3 Å². The first-order valence-corrected chi connectivity index (χ1v) is 6.04. The number of hydrogen-bond acceptors (Lipinski definition) is 4. The van der Waals surface area contributed by atoms with Gasteiger partial charge in [-0.2, -0.15) is 4.39 Å². The molecule has 0 saturated carbocycles. The number of aliphatic carboxylic acids is 1. The normalized spacial score (nSPS) is 11.2. The fourth-order valence-corrected chi connectivity index (χ4v) is 1.54. The summed E-state index contributed by atoms with van der Waals surface area (Å²) in [6.07, 6.45) is 0.899. The molecule has 0 aromatic heterocycles. The summed E-state index contributed by atoms with van der Waals surface area (Å²) < 4.78 is 18.5. The highest BCUT2D eigenvalue weighted by atomic mass is 19.1. The van der Waals surface area contributed by atoms with E-state index in [0.29, 0.717) is 12.8 Å². The van der Waals surface area contributed by atoms with Crippen LogP contribution >= 0.6 is 0 Å². The first-order valence-electron chi connectivity index (χ1n) is 6.04. The van der Waals surface area contributed by atoms with Crippen LogP contribution in [0.5, 0.6) is 5.75 Å². The lowest BCUT2D eigenvalue weighted by Crippen LogP contribution is -2.24. The fourth-order valence-electron chi connectivity index (χ4n) is 1.54. The van der Waals surface area contributed by atoms with Crippen molar-refractivity contribution < 1.29 is 24.0 Å². The van der Waals surface area contributed by atoms with Crippen LogP contribution in [0.25, 0.3) is 0 Å². The first-order chi connectivity index (χ1) is 9.24. The predicted octanol–water partition coefficient (Wildman–Crippen LogP) is 3.00. The molecule has 0 aliphatic heterocycles. The standard InChI is InChI=1S/C13H16FNO5/c1-13(2,12(16)17)6-3-7-20-9-4-5-11(15(18)19)10(14)8-9/h4-5,8H,3,6-7H2,1-2H3,(H,16,17). The molecular weight excluding hydrogens is 269 g/mol. The maximum Gasteiger partial charge on any atom is 0.309 e. The van der Waals surface area contributed by atoms with E-state index in [1.807, 2.05) is 0 Å². The smallest absolute Gasteiger partial charge is 0.309 e. The van der Waals surface area contributed by atoms with Crippen molar-refractivity contribution >= 4 is 11.7 Å². The van der Waals surface area contributed by atoms with Crippen LogP contribution in [0.1, 0.15) is 26.7 Å². The Morgan fingerprint density at radius 3 is 2.65 bits per heavy atom. The average molecular weight is 285 g/mol. The van der Waals surface area contributed by atoms with Crippen LogP contribution in [0, 0.1) is 21.3 Å². The van der Waals surface area contributed by atoms with E-state index in [-0.39, 0.29) is 12.4 Å². The van der Waals surface area contributed by atoms with Crippen molar-refractivity contribution in [3.05, 3.63) is 34.1 Å². The van der Waals surface area contributed by atoms with Gasteiger partial charge in [0.15, 0.2) is 0 Å². The summed E-state index contributed by atoms with van der Waals surface area (Å²) in [5.41, 5.74) is -1.45. The van der Waals surface area contributed by atoms with Gasteiger partial charge in [0, 0.05) is 12.1 Å². The van der Waals surface area contributed by atoms with Gasteiger partial charge in [0.05, 0.1) is 16.9 Å². The summed E-state index contributed by atoms with van der Waals surface area (Å²) in [5, 5.41) is 19.4. The third-order valence-electron chi connectivity index (χ3n) is 2.91. The Labute approximate surface area is 115 Å². The van der Waals surface area contributed by atoms with Gasteiger partial charge in [0.1, 0.15) is 5.75 Å². The van der Waals surface area contributed by atoms with E-state index in [1.54, 1.807) is 13.8 Å². The maximum absolute atomic E-state index is 13.3. The van der Waals surface area contributed by atoms with Gasteiger partial charge in [-0.25, -0.2) is 0 Å². The molecular formula is C13H16FNO5. The van der Waals surface area contributed by atoms with Crippen LogP contribution < -0.4 is 4.74 Å². The van der Waals surface area contributed by atoms with Gasteiger partial charge < -0.3 is 9.84 Å². The Bertz CT molecular complexity index is 515. The van der Waals surface area contributed by atoms with Crippen molar-refractivity contribution in [3.8, 4) is 5.75 Å². The Morgan fingerprint density at radius 1 is 1.50 bits per heavy atom. The van der Waals surface area contributed by atoms with Crippen LogP contribution in [-0.2, 0) is 4.79 Å². The molecule has 0 atom stereocenters. The summed E-state index contributed by atoms with van der Waals surface area (Å²) in [4.78, 5) is 20.5. The molecule has 0 aliphatic carbocycles. The Kier molecular flexibility index (Phi) is 5.01. The number of rotatable bonds is 7. The number of carboxylic acid groups (broad SMARTS) is 1. The number of ether oxygens (including phenoxy) is 1. The summed E-state index contributed by atoms with van der Waals surface area (Å²) in [7, 11) is 0. The molecule has 1 rings (SSSR count). The third kappa shape index (κ3) is 4.18. The van der Waals surface area contributed by atoms with Gasteiger partial charge in [0.2, 0.25) is 5.82 Å². The number of nitro groups is 1. The molecule has 1 N–H and O–H groups in total. The summed E-state index contributed by atoms with van der Waals surface area (Å²) in [5.74, 6) is -1.67. The minimum absolute atomic E-state index is 0.182. The van der Waals surface area contributed by atoms with Crippen molar-refractivity contribution in [1.29, 1.82) is 0 Å². The highest BCUT2D eigenvalue weighted by Gasteiger charge is 2.26. The lowest BCUT2D eigenvalue weighted by molar-refractivity contribution is -0.387. The minimum atomic E-state index is -0.960. The van der Waals surface area contributed by atoms with E-state index in [2.05, 4.69) is 0 Å². The molecule has 0 spiro atoms. The largest absolute Gasteiger partial charge is 0.493 e. The minimum Gasteiger partial charge on any atom is -0.493 e. The van der Waals surface area contributed by atoms with Crippen molar-refractivity contribution in [1.82, 2.24) is 0 Å². The average Bonchev–Trinajstić information content (AvgIpc) is 2.34. The van der Waals surface area contributed by atoms with Crippen molar-refractivity contribution in [2.24, 2.45) is 5.41 Å². The summed E-state index contributed by atoms with van der Waals surface area (Å²) in [6, 6.07) is 3.29. The van der Waals surface area contributed by atoms with Gasteiger partial charge in [-0.1, -0.05) is 0 Å². The van der Waals surface area contributed by atoms with Gasteiger partial charge in [-0.05, 0) is 32.8 Å². The van der Waals surface area contributed by atoms with E-state index in [1.165, 1.54) is 6.07 Å². The zero-order valence-corrected chi connectivity index (χ0v) is 11.3. The molecule has 0 bridgehead atoms. The van der Waals surface area contributed by atoms with Crippen molar-refractivity contribution in [2.45, 2.75) is 26.7 Å². The summed E-state index contributed by atoms with van der Waals surface area (Å²) >= 11 is 0. The van der Waals surface area contributed by atoms with Crippen LogP contribution in [0.4, 0.5) is 10.1 Å². The number of nitro benzene ring substituents is 1. The van der Waals surface area contributed by atoms with Crippen LogP contribution in [0.2, 0.25) is 0 Å². The van der Waals surface area contributed by atoms with E-state index in [0.717, 1.165) is 12.1 Å². The van der Waals surface area contributed by atoms with Gasteiger partial charge in [-0.15, -0.1) is 0 Å². The second-order valence-corrected chi connectivity index (χ2v) is 5.01. The molecule has 1 aromatic rings. The number of benzene rings is 1. The molecule has 20 heavy (non-hydrogen) atoms. The third-order valence-corrected chi connectivity index (χ3v) is 2.91. The number of halogens is 1. The maximum atomic E-state index is 13.3. The molecule has 1 aromatic carbocycles. The number of carboxylic acids is 1. The van der Waals surface area contributed by atoms with E-state index >= 15 is 0 Å². The molecule has 6 nitrogen and oxygen atoms in total. The second kappa shape index (κ2) is 6.31. The highest BCUT2D eigenvalue weighted by molar-refractivity contribution is 5.73. The number of carbonyl (C=O) groups is 1. The zero-order chi connectivity index (χ0) is 15.3. The fraction of sp³-hybridized carbons (Fsp3) is 0.462. The molecule has 0 radical (unpaired) electrons. The molecule has 7 heteroatoms. The number of nitrogens with zero attached hydrogens (tertiary/aromatic N) is 1. The van der Waals surface area contributed by atoms with E-state index < -0.39 is 27.8 Å². The predicted molar refractivity (Wildman–Crippen MR) is 69.2 cm³/mol. The van der Waals surface area contributed by atoms with Crippen molar-refractivity contribution in [2.75, 3.05) is 6.61 Å². The molecule has 0 aliphatic rings. The Balaban J connectivity index is 2.49. The second-order valence-electron chi connectivity index (χ2n) is 5.01. The first kappa shape index (κ1) is 15.9. The van der Waals surface area contributed by atoms with E-state index in [4.69, 9.17) is 9.84 Å². The SMILES string of the molecule is CC(C)(CCCOc1ccc([N+](=O)[O-])c(F)c1)C(=O)O. The van der Waals surface area contributed by atoms with Crippen LogP contribution in [-0.4, -0.2) is 22.6 Å².